The molecule has 3 atom stereocenters. The molecular weight excluding hydrogens is 512 g/mol. The number of anilines is 3. The Morgan fingerprint density at radius 3 is 2.66 bits per heavy atom. The Balaban J connectivity index is 1.64. The number of fused-ring (bicyclic) bond motifs is 1. The van der Waals surface area contributed by atoms with E-state index < -0.39 is 35.2 Å². The first-order valence-electron chi connectivity index (χ1n) is 11.8. The molecule has 1 fully saturated rings. The van der Waals surface area contributed by atoms with Crippen LogP contribution in [0.15, 0.2) is 36.7 Å². The number of methoxy groups -OCH3 is 1. The predicted octanol–water partition coefficient (Wildman–Crippen LogP) is 1.83. The lowest BCUT2D eigenvalue weighted by Crippen LogP contribution is -2.48. The van der Waals surface area contributed by atoms with E-state index in [9.17, 15) is 23.5 Å². The van der Waals surface area contributed by atoms with Crippen molar-refractivity contribution in [1.29, 1.82) is 0 Å². The van der Waals surface area contributed by atoms with E-state index in [1.807, 2.05) is 25.9 Å². The number of hydrogen-bond acceptors (Lipinski definition) is 8. The van der Waals surface area contributed by atoms with Crippen molar-refractivity contribution >= 4 is 51.2 Å². The third-order valence-corrected chi connectivity index (χ3v) is 7.45. The van der Waals surface area contributed by atoms with E-state index in [0.29, 0.717) is 34.0 Å². The highest BCUT2D eigenvalue weighted by Gasteiger charge is 2.44. The summed E-state index contributed by atoms with van der Waals surface area (Å²) in [6.07, 6.45) is 3.13. The number of aliphatic carboxylic acids is 1. The number of carbonyl (C=O) groups excluding carboxylic acids is 1. The summed E-state index contributed by atoms with van der Waals surface area (Å²) in [5.41, 5.74) is 7.61. The number of nitrogens with two attached hydrogens (primary N) is 1. The molecule has 1 aliphatic heterocycles. The van der Waals surface area contributed by atoms with Gasteiger partial charge in [-0.2, -0.15) is 0 Å². The second-order valence-corrected chi connectivity index (χ2v) is 10.1. The molecule has 0 spiro atoms. The molecule has 0 radical (unpaired) electrons. The van der Waals surface area contributed by atoms with Crippen molar-refractivity contribution in [3.8, 4) is 5.75 Å². The van der Waals surface area contributed by atoms with Gasteiger partial charge >= 0.3 is 5.97 Å². The van der Waals surface area contributed by atoms with Gasteiger partial charge in [-0.15, -0.1) is 0 Å². The van der Waals surface area contributed by atoms with Gasteiger partial charge in [-0.25, -0.2) is 19.0 Å². The molecule has 38 heavy (non-hydrogen) atoms. The normalized spacial score (nSPS) is 16.9. The fourth-order valence-electron chi connectivity index (χ4n) is 4.89. The first kappa shape index (κ1) is 27.1. The van der Waals surface area contributed by atoms with E-state index >= 15 is 0 Å². The monoisotopic (exact) mass is 542 g/mol. The third kappa shape index (κ3) is 5.07. The first-order valence-corrected chi connectivity index (χ1v) is 12.9. The topological polar surface area (TPSA) is 162 Å². The Bertz CT molecular complexity index is 1420. The van der Waals surface area contributed by atoms with Crippen LogP contribution in [0.2, 0.25) is 0 Å². The fraction of sp³-hybridized carbons (Fsp3) is 0.360. The van der Waals surface area contributed by atoms with Crippen molar-refractivity contribution in [2.75, 3.05) is 42.7 Å². The van der Waals surface area contributed by atoms with E-state index in [2.05, 4.69) is 9.97 Å². The van der Waals surface area contributed by atoms with E-state index in [1.54, 1.807) is 30.5 Å². The molecule has 0 bridgehead atoms. The summed E-state index contributed by atoms with van der Waals surface area (Å²) in [7, 11) is 5.13. The Labute approximate surface area is 222 Å². The van der Waals surface area contributed by atoms with E-state index in [-0.39, 0.29) is 19.4 Å². The maximum absolute atomic E-state index is 13.5. The van der Waals surface area contributed by atoms with Gasteiger partial charge in [-0.3, -0.25) is 13.7 Å². The summed E-state index contributed by atoms with van der Waals surface area (Å²) >= 11 is -2.54. The molecule has 202 valence electrons. The van der Waals surface area contributed by atoms with Crippen LogP contribution >= 0.6 is 0 Å². The number of carbonyl (C=O) groups is 2. The van der Waals surface area contributed by atoms with Crippen molar-refractivity contribution in [2.45, 2.75) is 31.8 Å². The van der Waals surface area contributed by atoms with Gasteiger partial charge in [-0.05, 0) is 54.1 Å². The van der Waals surface area contributed by atoms with Gasteiger partial charge in [0.2, 0.25) is 5.91 Å². The molecule has 1 unspecified atom stereocenters. The van der Waals surface area contributed by atoms with Crippen molar-refractivity contribution in [3.05, 3.63) is 47.8 Å². The number of nitrogen functional groups attached to an aromatic ring is 1. The van der Waals surface area contributed by atoms with Gasteiger partial charge in [0.15, 0.2) is 0 Å². The maximum atomic E-state index is 13.5. The number of hydrogen-bond donors (Lipinski definition) is 3. The molecule has 1 saturated heterocycles. The highest BCUT2D eigenvalue weighted by atomic mass is 32.2. The standard InChI is InChI=1S/C25H30N6O6S/c1-14-9-17(13-28-23(14)29(2)3)31(38(35)36)19-6-8-30(24(19)32)20(25(33)34)11-16-10-15-5-7-27-22(26)18(15)12-21(16)37-4/h5,7,9-10,12-13,19-20H,6,8,11H2,1-4H3,(H2,26,27)(H,33,34)(H,35,36)/t19-,20+/m0/s1. The number of ether oxygens (including phenoxy) is 1. The van der Waals surface area contributed by atoms with Crippen LogP contribution in [0, 0.1) is 6.92 Å². The number of carboxylic acid groups (broad SMARTS) is 1. The van der Waals surface area contributed by atoms with Crippen LogP contribution in [-0.4, -0.2) is 80.4 Å². The lowest BCUT2D eigenvalue weighted by molar-refractivity contribution is -0.148. The summed E-state index contributed by atoms with van der Waals surface area (Å²) in [4.78, 5) is 37.4. The molecule has 1 amide bonds. The molecule has 12 nitrogen and oxygen atoms in total. The van der Waals surface area contributed by atoms with Crippen LogP contribution in [-0.2, 0) is 27.3 Å². The number of likely N-dealkylation sites (tertiary alicyclic amines) is 1. The Hall–Kier alpha value is -3.97. The minimum absolute atomic E-state index is 0.0322. The van der Waals surface area contributed by atoms with Crippen molar-refractivity contribution in [2.24, 2.45) is 0 Å². The smallest absolute Gasteiger partial charge is 0.326 e. The van der Waals surface area contributed by atoms with Gasteiger partial charge in [0, 0.05) is 38.6 Å². The van der Waals surface area contributed by atoms with Crippen molar-refractivity contribution < 1.29 is 28.2 Å². The highest BCUT2D eigenvalue weighted by molar-refractivity contribution is 7.80. The SMILES string of the molecule is COc1cc2c(N)nccc2cc1C[C@H](C(=O)O)N1CC[C@H](N(c2cnc(N(C)C)c(C)c2)S(=O)O)C1=O. The largest absolute Gasteiger partial charge is 0.496 e. The quantitative estimate of drug-likeness (QED) is 0.340. The third-order valence-electron chi connectivity index (χ3n) is 6.65. The summed E-state index contributed by atoms with van der Waals surface area (Å²) < 4.78 is 29.1. The van der Waals surface area contributed by atoms with E-state index in [0.717, 1.165) is 15.3 Å². The van der Waals surface area contributed by atoms with Crippen LogP contribution in [0.3, 0.4) is 0 Å². The van der Waals surface area contributed by atoms with Gasteiger partial charge in [-0.1, -0.05) is 0 Å². The number of rotatable bonds is 9. The molecule has 1 aromatic carbocycles. The molecule has 3 aromatic rings. The van der Waals surface area contributed by atoms with Gasteiger partial charge in [0.05, 0.1) is 19.0 Å². The number of nitrogens with zero attached hydrogens (tertiary/aromatic N) is 5. The van der Waals surface area contributed by atoms with E-state index in [1.165, 1.54) is 18.2 Å². The molecule has 3 heterocycles. The lowest BCUT2D eigenvalue weighted by Gasteiger charge is -2.29. The van der Waals surface area contributed by atoms with Crippen molar-refractivity contribution in [3.63, 3.8) is 0 Å². The minimum atomic E-state index is -2.54. The average Bonchev–Trinajstić information content (AvgIpc) is 3.22. The Morgan fingerprint density at radius 2 is 2.05 bits per heavy atom. The molecule has 13 heteroatoms. The zero-order valence-corrected chi connectivity index (χ0v) is 22.3. The Morgan fingerprint density at radius 1 is 1.32 bits per heavy atom. The molecular formula is C25H30N6O6S. The zero-order chi connectivity index (χ0) is 27.7. The molecule has 2 aromatic heterocycles. The van der Waals surface area contributed by atoms with Crippen LogP contribution in [0.5, 0.6) is 5.75 Å². The highest BCUT2D eigenvalue weighted by Crippen LogP contribution is 2.32. The van der Waals surface area contributed by atoms with Crippen LogP contribution in [0.1, 0.15) is 17.5 Å². The van der Waals surface area contributed by atoms with Crippen LogP contribution < -0.4 is 19.7 Å². The van der Waals surface area contributed by atoms with Gasteiger partial charge in [0.25, 0.3) is 11.3 Å². The number of aryl methyl sites for hydroxylation is 1. The fourth-order valence-corrected chi connectivity index (χ4v) is 5.59. The summed E-state index contributed by atoms with van der Waals surface area (Å²) in [5.74, 6) is -0.320. The molecule has 0 aliphatic carbocycles. The molecule has 4 N–H and O–H groups in total. The number of carboxylic acids is 1. The van der Waals surface area contributed by atoms with Crippen LogP contribution in [0.25, 0.3) is 10.8 Å². The summed E-state index contributed by atoms with van der Waals surface area (Å²) in [5, 5.41) is 11.5. The number of aromatic nitrogens is 2. The minimum Gasteiger partial charge on any atom is -0.496 e. The average molecular weight is 543 g/mol. The van der Waals surface area contributed by atoms with Gasteiger partial charge in [0.1, 0.15) is 29.5 Å². The molecule has 0 saturated carbocycles. The lowest BCUT2D eigenvalue weighted by atomic mass is 10.00. The number of benzene rings is 1. The second-order valence-electron chi connectivity index (χ2n) is 9.26. The second kappa shape index (κ2) is 10.8. The maximum Gasteiger partial charge on any atom is 0.326 e. The van der Waals surface area contributed by atoms with E-state index in [4.69, 9.17) is 10.5 Å². The van der Waals surface area contributed by atoms with Crippen LogP contribution in [0.4, 0.5) is 17.3 Å². The zero-order valence-electron chi connectivity index (χ0n) is 21.5. The first-order chi connectivity index (χ1) is 18.0. The van der Waals surface area contributed by atoms with Gasteiger partial charge < -0.3 is 25.4 Å². The van der Waals surface area contributed by atoms with Crippen molar-refractivity contribution in [1.82, 2.24) is 14.9 Å². The summed E-state index contributed by atoms with van der Waals surface area (Å²) in [6.45, 7) is 1.91. The Kier molecular flexibility index (Phi) is 7.69. The summed E-state index contributed by atoms with van der Waals surface area (Å²) in [6, 6.07) is 4.66. The number of amides is 1. The molecule has 1 aliphatic rings. The molecule has 4 rings (SSSR count). The predicted molar refractivity (Wildman–Crippen MR) is 145 cm³/mol. The number of pyridine rings is 2.